The number of amides is 1. The Bertz CT molecular complexity index is 1450. The third-order valence-electron chi connectivity index (χ3n) is 7.25. The Morgan fingerprint density at radius 3 is 2.80 bits per heavy atom. The molecule has 3 aromatic heterocycles. The number of thiazole rings is 1. The number of nitrogens with zero attached hydrogens (tertiary/aromatic N) is 5. The van der Waals surface area contributed by atoms with E-state index in [9.17, 15) is 17.6 Å². The molecular weight excluding hydrogens is 569 g/mol. The molecule has 4 heterocycles. The van der Waals surface area contributed by atoms with E-state index in [4.69, 9.17) is 4.74 Å². The zero-order valence-electron chi connectivity index (χ0n) is 22.8. The highest BCUT2D eigenvalue weighted by Crippen LogP contribution is 2.29. The molecule has 1 amide bonds. The second-order valence-corrected chi connectivity index (χ2v) is 13.2. The van der Waals surface area contributed by atoms with Gasteiger partial charge in [0.2, 0.25) is 15.9 Å². The molecule has 5 rings (SSSR count). The van der Waals surface area contributed by atoms with Gasteiger partial charge < -0.3 is 15.0 Å². The maximum absolute atomic E-state index is 13.8. The summed E-state index contributed by atoms with van der Waals surface area (Å²) in [6.07, 6.45) is 9.39. The third-order valence-corrected chi connectivity index (χ3v) is 10.1. The van der Waals surface area contributed by atoms with Crippen molar-refractivity contribution in [1.29, 1.82) is 0 Å². The normalized spacial score (nSPS) is 18.8. The highest BCUT2D eigenvalue weighted by atomic mass is 32.2. The molecule has 1 aliphatic carbocycles. The van der Waals surface area contributed by atoms with Crippen LogP contribution in [0.3, 0.4) is 0 Å². The first kappa shape index (κ1) is 29.3. The van der Waals surface area contributed by atoms with Crippen LogP contribution in [0.4, 0.5) is 10.1 Å². The summed E-state index contributed by atoms with van der Waals surface area (Å²) in [5.74, 6) is -0.0138. The number of alkyl halides is 1. The molecule has 14 heteroatoms. The molecule has 1 saturated heterocycles. The van der Waals surface area contributed by atoms with Crippen molar-refractivity contribution in [2.75, 3.05) is 31.0 Å². The average Bonchev–Trinajstić information content (AvgIpc) is 3.74. The van der Waals surface area contributed by atoms with Crippen molar-refractivity contribution in [1.82, 2.24) is 30.2 Å². The van der Waals surface area contributed by atoms with Crippen LogP contribution in [-0.2, 0) is 10.0 Å². The van der Waals surface area contributed by atoms with Gasteiger partial charge in [0.25, 0.3) is 5.91 Å². The minimum Gasteiger partial charge on any atom is -0.477 e. The first-order chi connectivity index (χ1) is 19.8. The highest BCUT2D eigenvalue weighted by molar-refractivity contribution is 7.93. The van der Waals surface area contributed by atoms with E-state index in [-0.39, 0.29) is 5.01 Å². The zero-order chi connectivity index (χ0) is 28.8. The lowest BCUT2D eigenvalue weighted by molar-refractivity contribution is 0.0930. The molecule has 0 spiro atoms. The molecule has 2 aliphatic rings. The van der Waals surface area contributed by atoms with Gasteiger partial charge in [-0.3, -0.25) is 19.5 Å². The van der Waals surface area contributed by atoms with Crippen molar-refractivity contribution in [3.8, 4) is 16.5 Å². The topological polar surface area (TPSA) is 139 Å². The molecule has 220 valence electrons. The zero-order valence-corrected chi connectivity index (χ0v) is 24.5. The van der Waals surface area contributed by atoms with E-state index in [2.05, 4.69) is 30.0 Å². The molecule has 1 aliphatic heterocycles. The number of aromatic nitrogens is 4. The number of pyridine rings is 1. The number of rotatable bonds is 12. The lowest BCUT2D eigenvalue weighted by atomic mass is 10.1. The Morgan fingerprint density at radius 1 is 1.22 bits per heavy atom. The Hall–Kier alpha value is -3.23. The Balaban J connectivity index is 1.33. The monoisotopic (exact) mass is 603 g/mol. The summed E-state index contributed by atoms with van der Waals surface area (Å²) in [4.78, 5) is 33.3. The maximum Gasteiger partial charge on any atom is 0.280 e. The van der Waals surface area contributed by atoms with E-state index in [1.165, 1.54) is 23.7 Å². The third kappa shape index (κ3) is 7.54. The minimum atomic E-state index is -3.53. The Labute approximate surface area is 243 Å². The maximum atomic E-state index is 13.8. The van der Waals surface area contributed by atoms with Crippen LogP contribution in [0.25, 0.3) is 10.6 Å². The number of hydrogen-bond acceptors (Lipinski definition) is 10. The van der Waals surface area contributed by atoms with Gasteiger partial charge in [0.05, 0.1) is 46.6 Å². The van der Waals surface area contributed by atoms with E-state index >= 15 is 0 Å². The Morgan fingerprint density at radius 2 is 2.05 bits per heavy atom. The SMILES string of the molecule is CCOc1cncc(-c2cnc(C(=O)NC(CCN3CC[C@H](F)C3)c3cc(NS(=O)(=O)C4CCCC4)ccn3)s2)n1. The van der Waals surface area contributed by atoms with E-state index in [1.54, 1.807) is 24.5 Å². The van der Waals surface area contributed by atoms with Crippen LogP contribution in [0.15, 0.2) is 36.9 Å². The van der Waals surface area contributed by atoms with Gasteiger partial charge in [-0.25, -0.2) is 22.8 Å². The van der Waals surface area contributed by atoms with Gasteiger partial charge in [-0.05, 0) is 44.7 Å². The molecule has 2 fully saturated rings. The average molecular weight is 604 g/mol. The minimum absolute atomic E-state index is 0.233. The van der Waals surface area contributed by atoms with Gasteiger partial charge in [-0.1, -0.05) is 12.8 Å². The quantitative estimate of drug-likeness (QED) is 0.315. The van der Waals surface area contributed by atoms with Crippen molar-refractivity contribution in [3.63, 3.8) is 0 Å². The molecule has 1 unspecified atom stereocenters. The fraction of sp³-hybridized carbons (Fsp3) is 0.519. The van der Waals surface area contributed by atoms with Crippen LogP contribution in [-0.4, -0.2) is 76.8 Å². The fourth-order valence-corrected chi connectivity index (χ4v) is 7.49. The standard InChI is InChI=1S/C27H34FN7O4S2/c1-2-39-25-16-29-14-23(32-25)24-15-31-27(40-24)26(36)33-21(9-12-35-11-8-18(28)17-35)22-13-19(7-10-30-22)34-41(37,38)20-5-3-4-6-20/h7,10,13-16,18,20-21H,2-6,8-9,11-12,17H2,1H3,(H,30,34)(H,33,36)/t18-,21?/m0/s1. The number of sulfonamides is 1. The van der Waals surface area contributed by atoms with Crippen molar-refractivity contribution >= 4 is 33.0 Å². The number of likely N-dealkylation sites (tertiary alicyclic amines) is 1. The summed E-state index contributed by atoms with van der Waals surface area (Å²) in [5, 5.41) is 2.84. The number of carbonyl (C=O) groups excluding carboxylic acids is 1. The van der Waals surface area contributed by atoms with Crippen LogP contribution >= 0.6 is 11.3 Å². The smallest absolute Gasteiger partial charge is 0.280 e. The van der Waals surface area contributed by atoms with E-state index < -0.39 is 33.4 Å². The molecule has 0 radical (unpaired) electrons. The van der Waals surface area contributed by atoms with Crippen molar-refractivity contribution in [3.05, 3.63) is 47.6 Å². The number of carbonyl (C=O) groups is 1. The number of hydrogen-bond donors (Lipinski definition) is 2. The van der Waals surface area contributed by atoms with Gasteiger partial charge in [0.1, 0.15) is 11.9 Å². The van der Waals surface area contributed by atoms with Crippen molar-refractivity contribution < 1.29 is 22.3 Å². The first-order valence-corrected chi connectivity index (χ1v) is 16.2. The number of nitrogens with one attached hydrogen (secondary N) is 2. The van der Waals surface area contributed by atoms with Gasteiger partial charge in [0.15, 0.2) is 5.01 Å². The van der Waals surface area contributed by atoms with Gasteiger partial charge in [-0.15, -0.1) is 11.3 Å². The van der Waals surface area contributed by atoms with Gasteiger partial charge in [-0.2, -0.15) is 0 Å². The molecule has 0 aromatic carbocycles. The van der Waals surface area contributed by atoms with E-state index in [0.717, 1.165) is 12.8 Å². The molecule has 0 bridgehead atoms. The van der Waals surface area contributed by atoms with E-state index in [0.29, 0.717) is 79.8 Å². The molecule has 2 N–H and O–H groups in total. The van der Waals surface area contributed by atoms with Crippen LogP contribution in [0, 0.1) is 0 Å². The van der Waals surface area contributed by atoms with E-state index in [1.807, 2.05) is 11.8 Å². The number of ether oxygens (including phenoxy) is 1. The molecule has 41 heavy (non-hydrogen) atoms. The molecule has 1 saturated carbocycles. The summed E-state index contributed by atoms with van der Waals surface area (Å²) >= 11 is 1.17. The number of anilines is 1. The largest absolute Gasteiger partial charge is 0.477 e. The molecule has 3 aromatic rings. The van der Waals surface area contributed by atoms with Crippen LogP contribution in [0.1, 0.15) is 67.0 Å². The fourth-order valence-electron chi connectivity index (χ4n) is 5.14. The van der Waals surface area contributed by atoms with Gasteiger partial charge >= 0.3 is 0 Å². The lowest BCUT2D eigenvalue weighted by Gasteiger charge is -2.22. The Kier molecular flexibility index (Phi) is 9.40. The van der Waals surface area contributed by atoms with Crippen LogP contribution < -0.4 is 14.8 Å². The predicted octanol–water partition coefficient (Wildman–Crippen LogP) is 3.98. The second-order valence-electron chi connectivity index (χ2n) is 10.2. The first-order valence-electron chi connectivity index (χ1n) is 13.9. The second kappa shape index (κ2) is 13.2. The van der Waals surface area contributed by atoms with Crippen LogP contribution in [0.2, 0.25) is 0 Å². The number of halogens is 1. The summed E-state index contributed by atoms with van der Waals surface area (Å²) < 4.78 is 47.7. The van der Waals surface area contributed by atoms with Crippen molar-refractivity contribution in [2.24, 2.45) is 0 Å². The molecule has 11 nitrogen and oxygen atoms in total. The molecule has 2 atom stereocenters. The highest BCUT2D eigenvalue weighted by Gasteiger charge is 2.29. The predicted molar refractivity (Wildman–Crippen MR) is 154 cm³/mol. The van der Waals surface area contributed by atoms with Crippen LogP contribution in [0.5, 0.6) is 5.88 Å². The van der Waals surface area contributed by atoms with Gasteiger partial charge in [0, 0.05) is 32.0 Å². The lowest BCUT2D eigenvalue weighted by Crippen LogP contribution is -2.33. The summed E-state index contributed by atoms with van der Waals surface area (Å²) in [6.45, 7) is 3.86. The summed E-state index contributed by atoms with van der Waals surface area (Å²) in [7, 11) is -3.53. The molecular formula is C27H34FN7O4S2. The van der Waals surface area contributed by atoms with Crippen molar-refractivity contribution in [2.45, 2.75) is 62.9 Å². The summed E-state index contributed by atoms with van der Waals surface area (Å²) in [6, 6.07) is 2.71. The summed E-state index contributed by atoms with van der Waals surface area (Å²) in [5.41, 5.74) is 1.45.